The van der Waals surface area contributed by atoms with Crippen molar-refractivity contribution < 1.29 is 4.79 Å². The Labute approximate surface area is 194 Å². The van der Waals surface area contributed by atoms with Crippen molar-refractivity contribution in [2.24, 2.45) is 10.9 Å². The summed E-state index contributed by atoms with van der Waals surface area (Å²) in [4.78, 5) is 18.5. The van der Waals surface area contributed by atoms with E-state index in [4.69, 9.17) is 11.6 Å². The standard InChI is InChI=1S/C22H27ClN4O.HI/c1-24-22(25-14-18-8-5-9-20(23)12-18)26-15-19-13-21(28)27(16-19)11-10-17-6-3-2-4-7-17;/h2-9,12,19H,10-11,13-16H2,1H3,(H2,24,25,26);1H. The maximum absolute atomic E-state index is 12.3. The van der Waals surface area contributed by atoms with Crippen LogP contribution in [0.3, 0.4) is 0 Å². The van der Waals surface area contributed by atoms with E-state index in [-0.39, 0.29) is 29.9 Å². The molecule has 1 heterocycles. The van der Waals surface area contributed by atoms with Gasteiger partial charge in [-0.25, -0.2) is 0 Å². The summed E-state index contributed by atoms with van der Waals surface area (Å²) >= 11 is 6.02. The number of amides is 1. The van der Waals surface area contributed by atoms with Crippen LogP contribution in [0.25, 0.3) is 0 Å². The van der Waals surface area contributed by atoms with Gasteiger partial charge in [0.25, 0.3) is 0 Å². The lowest BCUT2D eigenvalue weighted by Gasteiger charge is -2.18. The average molecular weight is 527 g/mol. The molecule has 0 bridgehead atoms. The summed E-state index contributed by atoms with van der Waals surface area (Å²) < 4.78 is 0. The van der Waals surface area contributed by atoms with Crippen molar-refractivity contribution in [3.8, 4) is 0 Å². The summed E-state index contributed by atoms with van der Waals surface area (Å²) in [6.45, 7) is 2.95. The Morgan fingerprint density at radius 1 is 1.14 bits per heavy atom. The molecule has 0 aromatic heterocycles. The van der Waals surface area contributed by atoms with Crippen molar-refractivity contribution in [3.05, 3.63) is 70.7 Å². The zero-order valence-corrected chi connectivity index (χ0v) is 19.7. The molecule has 2 aromatic rings. The second-order valence-electron chi connectivity index (χ2n) is 7.08. The molecule has 0 spiro atoms. The molecule has 0 radical (unpaired) electrons. The highest BCUT2D eigenvalue weighted by Gasteiger charge is 2.29. The number of nitrogens with zero attached hydrogens (tertiary/aromatic N) is 2. The van der Waals surface area contributed by atoms with Gasteiger partial charge in [-0.3, -0.25) is 9.79 Å². The third kappa shape index (κ3) is 7.51. The fourth-order valence-electron chi connectivity index (χ4n) is 3.41. The highest BCUT2D eigenvalue weighted by atomic mass is 127. The molecule has 7 heteroatoms. The number of rotatable bonds is 7. The van der Waals surface area contributed by atoms with E-state index in [1.165, 1.54) is 5.56 Å². The fourth-order valence-corrected chi connectivity index (χ4v) is 3.62. The molecule has 1 amide bonds. The van der Waals surface area contributed by atoms with Crippen LogP contribution in [0.2, 0.25) is 5.02 Å². The SMILES string of the molecule is CN=C(NCc1cccc(Cl)c1)NCC1CC(=O)N(CCc2ccccc2)C1.I. The molecular formula is C22H28ClIN4O. The van der Waals surface area contributed by atoms with E-state index in [9.17, 15) is 4.79 Å². The maximum Gasteiger partial charge on any atom is 0.223 e. The molecule has 0 aliphatic carbocycles. The van der Waals surface area contributed by atoms with Crippen molar-refractivity contribution in [2.75, 3.05) is 26.7 Å². The van der Waals surface area contributed by atoms with Crippen molar-refractivity contribution in [2.45, 2.75) is 19.4 Å². The molecule has 5 nitrogen and oxygen atoms in total. The van der Waals surface area contributed by atoms with Gasteiger partial charge >= 0.3 is 0 Å². The van der Waals surface area contributed by atoms with Crippen LogP contribution in [0.15, 0.2) is 59.6 Å². The quantitative estimate of drug-likeness (QED) is 0.329. The summed E-state index contributed by atoms with van der Waals surface area (Å²) in [5.41, 5.74) is 2.36. The Bertz CT molecular complexity index is 815. The first kappa shape index (κ1) is 23.5. The molecule has 1 saturated heterocycles. The molecule has 2 N–H and O–H groups in total. The van der Waals surface area contributed by atoms with Crippen molar-refractivity contribution in [1.29, 1.82) is 0 Å². The highest BCUT2D eigenvalue weighted by Crippen LogP contribution is 2.17. The normalized spacial score (nSPS) is 16.5. The summed E-state index contributed by atoms with van der Waals surface area (Å²) in [6, 6.07) is 18.0. The first-order valence-electron chi connectivity index (χ1n) is 9.64. The van der Waals surface area contributed by atoms with Gasteiger partial charge < -0.3 is 15.5 Å². The Kier molecular flexibility index (Phi) is 9.73. The number of carbonyl (C=O) groups excluding carboxylic acids is 1. The number of guanidine groups is 1. The second kappa shape index (κ2) is 12.0. The smallest absolute Gasteiger partial charge is 0.223 e. The molecule has 1 atom stereocenters. The van der Waals surface area contributed by atoms with E-state index < -0.39 is 0 Å². The molecule has 3 rings (SSSR count). The van der Waals surface area contributed by atoms with Crippen molar-refractivity contribution >= 4 is 47.4 Å². The minimum absolute atomic E-state index is 0. The van der Waals surface area contributed by atoms with Crippen LogP contribution in [0.5, 0.6) is 0 Å². The van der Waals surface area contributed by atoms with Gasteiger partial charge in [-0.2, -0.15) is 0 Å². The fraction of sp³-hybridized carbons (Fsp3) is 0.364. The Morgan fingerprint density at radius 3 is 2.62 bits per heavy atom. The van der Waals surface area contributed by atoms with Gasteiger partial charge in [0.1, 0.15) is 0 Å². The van der Waals surface area contributed by atoms with Crippen LogP contribution in [0.1, 0.15) is 17.5 Å². The van der Waals surface area contributed by atoms with Crippen LogP contribution in [-0.2, 0) is 17.8 Å². The predicted molar refractivity (Wildman–Crippen MR) is 130 cm³/mol. The number of hydrogen-bond donors (Lipinski definition) is 2. The third-order valence-corrected chi connectivity index (χ3v) is 5.17. The minimum Gasteiger partial charge on any atom is -0.356 e. The van der Waals surface area contributed by atoms with E-state index in [1.54, 1.807) is 7.05 Å². The predicted octanol–water partition coefficient (Wildman–Crippen LogP) is 3.71. The lowest BCUT2D eigenvalue weighted by molar-refractivity contribution is -0.127. The monoisotopic (exact) mass is 526 g/mol. The number of nitrogens with one attached hydrogen (secondary N) is 2. The van der Waals surface area contributed by atoms with Crippen LogP contribution in [0.4, 0.5) is 0 Å². The molecule has 1 fully saturated rings. The maximum atomic E-state index is 12.3. The number of benzene rings is 2. The van der Waals surface area contributed by atoms with Crippen molar-refractivity contribution in [3.63, 3.8) is 0 Å². The molecule has 29 heavy (non-hydrogen) atoms. The zero-order chi connectivity index (χ0) is 19.8. The molecule has 156 valence electrons. The van der Waals surface area contributed by atoms with Gasteiger partial charge in [0.15, 0.2) is 5.96 Å². The van der Waals surface area contributed by atoms with Crippen LogP contribution < -0.4 is 10.6 Å². The summed E-state index contributed by atoms with van der Waals surface area (Å²) in [5.74, 6) is 1.27. The van der Waals surface area contributed by atoms with E-state index in [2.05, 4.69) is 27.8 Å². The van der Waals surface area contributed by atoms with E-state index in [0.717, 1.165) is 42.6 Å². The van der Waals surface area contributed by atoms with Crippen LogP contribution in [0, 0.1) is 5.92 Å². The highest BCUT2D eigenvalue weighted by molar-refractivity contribution is 14.0. The van der Waals surface area contributed by atoms with E-state index in [1.807, 2.05) is 47.4 Å². The molecule has 2 aromatic carbocycles. The number of hydrogen-bond acceptors (Lipinski definition) is 2. The Balaban J connectivity index is 0.00000300. The summed E-state index contributed by atoms with van der Waals surface area (Å²) in [5, 5.41) is 7.35. The van der Waals surface area contributed by atoms with Gasteiger partial charge in [-0.1, -0.05) is 54.1 Å². The topological polar surface area (TPSA) is 56.7 Å². The van der Waals surface area contributed by atoms with E-state index >= 15 is 0 Å². The molecule has 1 aliphatic heterocycles. The number of halogens is 2. The number of carbonyl (C=O) groups is 1. The van der Waals surface area contributed by atoms with Gasteiger partial charge in [0, 0.05) is 50.6 Å². The minimum atomic E-state index is 0. The Morgan fingerprint density at radius 2 is 1.90 bits per heavy atom. The second-order valence-corrected chi connectivity index (χ2v) is 7.52. The first-order valence-corrected chi connectivity index (χ1v) is 10.0. The van der Waals surface area contributed by atoms with Gasteiger partial charge in [0.05, 0.1) is 0 Å². The van der Waals surface area contributed by atoms with Crippen LogP contribution in [-0.4, -0.2) is 43.4 Å². The average Bonchev–Trinajstić information content (AvgIpc) is 3.07. The van der Waals surface area contributed by atoms with Gasteiger partial charge in [-0.05, 0) is 29.7 Å². The first-order chi connectivity index (χ1) is 13.6. The number of aliphatic imine (C=N–C) groups is 1. The number of likely N-dealkylation sites (tertiary alicyclic amines) is 1. The summed E-state index contributed by atoms with van der Waals surface area (Å²) in [6.07, 6.45) is 1.49. The van der Waals surface area contributed by atoms with Crippen molar-refractivity contribution in [1.82, 2.24) is 15.5 Å². The van der Waals surface area contributed by atoms with Gasteiger partial charge in [0.2, 0.25) is 5.91 Å². The van der Waals surface area contributed by atoms with Gasteiger partial charge in [-0.15, -0.1) is 24.0 Å². The largest absolute Gasteiger partial charge is 0.356 e. The Hall–Kier alpha value is -1.80. The summed E-state index contributed by atoms with van der Waals surface area (Å²) in [7, 11) is 1.75. The van der Waals surface area contributed by atoms with Crippen LogP contribution >= 0.6 is 35.6 Å². The molecular weight excluding hydrogens is 499 g/mol. The molecule has 1 aliphatic rings. The zero-order valence-electron chi connectivity index (χ0n) is 16.6. The molecule has 1 unspecified atom stereocenters. The molecule has 0 saturated carbocycles. The lowest BCUT2D eigenvalue weighted by Crippen LogP contribution is -2.40. The lowest BCUT2D eigenvalue weighted by atomic mass is 10.1. The third-order valence-electron chi connectivity index (χ3n) is 4.94. The van der Waals surface area contributed by atoms with E-state index in [0.29, 0.717) is 18.9 Å².